The molecular formula is C11H14N2OS. The smallest absolute Gasteiger partial charge is 0.0961 e. The Hall–Kier alpha value is -1.13. The Labute approximate surface area is 92.8 Å². The van der Waals surface area contributed by atoms with E-state index in [2.05, 4.69) is 9.97 Å². The Morgan fingerprint density at radius 3 is 2.93 bits per heavy atom. The number of hydrogen-bond donors (Lipinski definition) is 2. The SMILES string of the molecule is CC(C)(O)Cc1nc(-c2cc[nH]c2)cs1. The highest BCUT2D eigenvalue weighted by molar-refractivity contribution is 7.09. The van der Waals surface area contributed by atoms with Crippen LogP contribution in [0.25, 0.3) is 11.3 Å². The first-order chi connectivity index (χ1) is 7.04. The van der Waals surface area contributed by atoms with E-state index in [0.717, 1.165) is 16.3 Å². The standard InChI is InChI=1S/C11H14N2OS/c1-11(2,14)5-10-13-9(7-15-10)8-3-4-12-6-8/h3-4,6-7,12,14H,5H2,1-2H3. The second kappa shape index (κ2) is 3.79. The van der Waals surface area contributed by atoms with Crippen molar-refractivity contribution in [3.8, 4) is 11.3 Å². The summed E-state index contributed by atoms with van der Waals surface area (Å²) in [5.74, 6) is 0. The van der Waals surface area contributed by atoms with E-state index in [1.54, 1.807) is 25.2 Å². The minimum absolute atomic E-state index is 0.599. The zero-order valence-electron chi connectivity index (χ0n) is 8.82. The van der Waals surface area contributed by atoms with Gasteiger partial charge in [0.25, 0.3) is 0 Å². The van der Waals surface area contributed by atoms with Gasteiger partial charge < -0.3 is 10.1 Å². The molecule has 0 spiro atoms. The molecule has 2 aromatic heterocycles. The van der Waals surface area contributed by atoms with Gasteiger partial charge in [0.15, 0.2) is 0 Å². The van der Waals surface area contributed by atoms with Gasteiger partial charge in [0.1, 0.15) is 0 Å². The molecule has 15 heavy (non-hydrogen) atoms. The minimum Gasteiger partial charge on any atom is -0.390 e. The van der Waals surface area contributed by atoms with Crippen molar-refractivity contribution < 1.29 is 5.11 Å². The van der Waals surface area contributed by atoms with Crippen molar-refractivity contribution in [2.24, 2.45) is 0 Å². The molecular weight excluding hydrogens is 208 g/mol. The topological polar surface area (TPSA) is 48.9 Å². The molecule has 0 atom stereocenters. The fourth-order valence-corrected chi connectivity index (χ4v) is 2.40. The van der Waals surface area contributed by atoms with Gasteiger partial charge in [-0.25, -0.2) is 4.98 Å². The average molecular weight is 222 g/mol. The number of aromatic nitrogens is 2. The Morgan fingerprint density at radius 1 is 1.53 bits per heavy atom. The zero-order chi connectivity index (χ0) is 10.9. The molecule has 0 amide bonds. The third kappa shape index (κ3) is 2.67. The van der Waals surface area contributed by atoms with Crippen LogP contribution in [0.2, 0.25) is 0 Å². The number of nitrogens with zero attached hydrogens (tertiary/aromatic N) is 1. The lowest BCUT2D eigenvalue weighted by Gasteiger charge is -2.14. The van der Waals surface area contributed by atoms with Crippen molar-refractivity contribution >= 4 is 11.3 Å². The second-order valence-electron chi connectivity index (χ2n) is 4.22. The van der Waals surface area contributed by atoms with Gasteiger partial charge in [-0.3, -0.25) is 0 Å². The molecule has 0 radical (unpaired) electrons. The Balaban J connectivity index is 2.18. The largest absolute Gasteiger partial charge is 0.390 e. The predicted octanol–water partition coefficient (Wildman–Crippen LogP) is 2.45. The van der Waals surface area contributed by atoms with Crippen molar-refractivity contribution in [3.05, 3.63) is 28.8 Å². The van der Waals surface area contributed by atoms with E-state index < -0.39 is 5.60 Å². The summed E-state index contributed by atoms with van der Waals surface area (Å²) in [5, 5.41) is 12.7. The first kappa shape index (κ1) is 10.4. The number of hydrogen-bond acceptors (Lipinski definition) is 3. The maximum absolute atomic E-state index is 9.67. The lowest BCUT2D eigenvalue weighted by molar-refractivity contribution is 0.0809. The van der Waals surface area contributed by atoms with Crippen molar-refractivity contribution in [1.29, 1.82) is 0 Å². The highest BCUT2D eigenvalue weighted by atomic mass is 32.1. The minimum atomic E-state index is -0.687. The lowest BCUT2D eigenvalue weighted by Crippen LogP contribution is -2.21. The highest BCUT2D eigenvalue weighted by Crippen LogP contribution is 2.23. The van der Waals surface area contributed by atoms with Gasteiger partial charge in [0.2, 0.25) is 0 Å². The summed E-state index contributed by atoms with van der Waals surface area (Å²) in [4.78, 5) is 7.48. The molecule has 0 aliphatic carbocycles. The molecule has 0 bridgehead atoms. The second-order valence-corrected chi connectivity index (χ2v) is 5.16. The molecule has 4 heteroatoms. The maximum atomic E-state index is 9.67. The summed E-state index contributed by atoms with van der Waals surface area (Å²) in [6.07, 6.45) is 4.40. The molecule has 0 saturated heterocycles. The van der Waals surface area contributed by atoms with E-state index in [4.69, 9.17) is 0 Å². The van der Waals surface area contributed by atoms with Crippen LogP contribution < -0.4 is 0 Å². The summed E-state index contributed by atoms with van der Waals surface area (Å²) >= 11 is 1.59. The van der Waals surface area contributed by atoms with Crippen LogP contribution in [0.5, 0.6) is 0 Å². The van der Waals surface area contributed by atoms with Gasteiger partial charge in [0.05, 0.1) is 16.3 Å². The molecule has 3 nitrogen and oxygen atoms in total. The quantitative estimate of drug-likeness (QED) is 0.838. The zero-order valence-corrected chi connectivity index (χ0v) is 9.64. The molecule has 0 aliphatic rings. The van der Waals surface area contributed by atoms with Gasteiger partial charge in [-0.1, -0.05) is 0 Å². The van der Waals surface area contributed by atoms with Gasteiger partial charge in [-0.05, 0) is 19.9 Å². The van der Waals surface area contributed by atoms with E-state index in [1.165, 1.54) is 0 Å². The van der Waals surface area contributed by atoms with Crippen LogP contribution in [-0.4, -0.2) is 20.7 Å². The van der Waals surface area contributed by atoms with Crippen LogP contribution in [0.4, 0.5) is 0 Å². The van der Waals surface area contributed by atoms with Crippen molar-refractivity contribution in [3.63, 3.8) is 0 Å². The van der Waals surface area contributed by atoms with E-state index in [-0.39, 0.29) is 0 Å². The van der Waals surface area contributed by atoms with Crippen LogP contribution in [0.3, 0.4) is 0 Å². The molecule has 2 N–H and O–H groups in total. The third-order valence-electron chi connectivity index (χ3n) is 2.03. The third-order valence-corrected chi connectivity index (χ3v) is 2.88. The molecule has 0 aliphatic heterocycles. The van der Waals surface area contributed by atoms with Crippen LogP contribution in [-0.2, 0) is 6.42 Å². The van der Waals surface area contributed by atoms with Crippen LogP contribution in [0.15, 0.2) is 23.8 Å². The fraction of sp³-hybridized carbons (Fsp3) is 0.364. The summed E-state index contributed by atoms with van der Waals surface area (Å²) in [7, 11) is 0. The van der Waals surface area contributed by atoms with E-state index in [0.29, 0.717) is 6.42 Å². The number of thiazole rings is 1. The molecule has 0 saturated carbocycles. The van der Waals surface area contributed by atoms with Gasteiger partial charge in [-0.15, -0.1) is 11.3 Å². The molecule has 2 aromatic rings. The number of aliphatic hydroxyl groups is 1. The van der Waals surface area contributed by atoms with Crippen molar-refractivity contribution in [1.82, 2.24) is 9.97 Å². The number of H-pyrrole nitrogens is 1. The van der Waals surface area contributed by atoms with E-state index in [9.17, 15) is 5.11 Å². The number of nitrogens with one attached hydrogen (secondary N) is 1. The predicted molar refractivity (Wildman–Crippen MR) is 61.9 cm³/mol. The first-order valence-electron chi connectivity index (χ1n) is 4.84. The Morgan fingerprint density at radius 2 is 2.33 bits per heavy atom. The van der Waals surface area contributed by atoms with Crippen molar-refractivity contribution in [2.45, 2.75) is 25.9 Å². The van der Waals surface area contributed by atoms with Gasteiger partial charge in [0, 0.05) is 29.8 Å². The molecule has 0 fully saturated rings. The van der Waals surface area contributed by atoms with Crippen molar-refractivity contribution in [2.75, 3.05) is 0 Å². The van der Waals surface area contributed by atoms with Crippen LogP contribution in [0.1, 0.15) is 18.9 Å². The van der Waals surface area contributed by atoms with E-state index in [1.807, 2.05) is 23.8 Å². The molecule has 2 heterocycles. The summed E-state index contributed by atoms with van der Waals surface area (Å²) in [6.45, 7) is 3.59. The number of rotatable bonds is 3. The first-order valence-corrected chi connectivity index (χ1v) is 5.72. The maximum Gasteiger partial charge on any atom is 0.0961 e. The molecule has 80 valence electrons. The Bertz CT molecular complexity index is 426. The highest BCUT2D eigenvalue weighted by Gasteiger charge is 2.16. The monoisotopic (exact) mass is 222 g/mol. The average Bonchev–Trinajstić information content (AvgIpc) is 2.68. The van der Waals surface area contributed by atoms with Crippen LogP contribution >= 0.6 is 11.3 Å². The molecule has 2 rings (SSSR count). The lowest BCUT2D eigenvalue weighted by atomic mass is 10.1. The Kier molecular flexibility index (Phi) is 2.63. The summed E-state index contributed by atoms with van der Waals surface area (Å²) in [5.41, 5.74) is 1.38. The summed E-state index contributed by atoms with van der Waals surface area (Å²) < 4.78 is 0. The number of aromatic amines is 1. The van der Waals surface area contributed by atoms with E-state index >= 15 is 0 Å². The van der Waals surface area contributed by atoms with Gasteiger partial charge >= 0.3 is 0 Å². The van der Waals surface area contributed by atoms with Crippen LogP contribution in [0, 0.1) is 0 Å². The fourth-order valence-electron chi connectivity index (χ4n) is 1.38. The molecule has 0 aromatic carbocycles. The molecule has 0 unspecified atom stereocenters. The van der Waals surface area contributed by atoms with Gasteiger partial charge in [-0.2, -0.15) is 0 Å². The summed E-state index contributed by atoms with van der Waals surface area (Å²) in [6, 6.07) is 1.99. The normalized spacial score (nSPS) is 11.9.